The maximum Gasteiger partial charge on any atom is 0.253 e. The van der Waals surface area contributed by atoms with Gasteiger partial charge in [-0.25, -0.2) is 0 Å². The van der Waals surface area contributed by atoms with Crippen LogP contribution in [0.4, 0.5) is 0 Å². The van der Waals surface area contributed by atoms with E-state index in [0.29, 0.717) is 30.2 Å². The number of nitrogens with zero attached hydrogens (tertiary/aromatic N) is 2. The molecule has 0 saturated carbocycles. The van der Waals surface area contributed by atoms with E-state index in [9.17, 15) is 9.59 Å². The molecule has 1 aliphatic rings. The zero-order valence-corrected chi connectivity index (χ0v) is 16.5. The standard InChI is InChI=1S/C22H22ClN3O2/c1-15-2-3-17-13-18(21(27)24-20(17)12-15)14-25-8-10-26(11-9-25)22(28)16-4-6-19(23)7-5-16/h2-7,12-13H,8-11,14H2,1H3,(H,24,27). The Kier molecular flexibility index (Phi) is 5.20. The number of carbonyl (C=O) groups excluding carboxylic acids is 1. The molecule has 144 valence electrons. The van der Waals surface area contributed by atoms with Crippen LogP contribution < -0.4 is 5.56 Å². The number of fused-ring (bicyclic) bond motifs is 1. The predicted octanol–water partition coefficient (Wildman–Crippen LogP) is 3.45. The van der Waals surface area contributed by atoms with Crippen LogP contribution in [-0.4, -0.2) is 46.9 Å². The quantitative estimate of drug-likeness (QED) is 0.739. The van der Waals surface area contributed by atoms with Crippen LogP contribution in [0.5, 0.6) is 0 Å². The van der Waals surface area contributed by atoms with Gasteiger partial charge in [-0.05, 0) is 54.3 Å². The van der Waals surface area contributed by atoms with Gasteiger partial charge in [0.15, 0.2) is 0 Å². The van der Waals surface area contributed by atoms with Crippen LogP contribution in [0.25, 0.3) is 10.9 Å². The van der Waals surface area contributed by atoms with E-state index in [4.69, 9.17) is 11.6 Å². The van der Waals surface area contributed by atoms with Gasteiger partial charge in [0.05, 0.1) is 0 Å². The van der Waals surface area contributed by atoms with Crippen molar-refractivity contribution < 1.29 is 4.79 Å². The number of hydrogen-bond acceptors (Lipinski definition) is 3. The highest BCUT2D eigenvalue weighted by molar-refractivity contribution is 6.30. The maximum atomic E-state index is 12.6. The number of piperazine rings is 1. The SMILES string of the molecule is Cc1ccc2cc(CN3CCN(C(=O)c4ccc(Cl)cc4)CC3)c(=O)[nH]c2c1. The fourth-order valence-corrected chi connectivity index (χ4v) is 3.73. The van der Waals surface area contributed by atoms with Crippen LogP contribution in [0.3, 0.4) is 0 Å². The molecule has 0 aliphatic carbocycles. The minimum atomic E-state index is -0.0437. The first-order valence-corrected chi connectivity index (χ1v) is 9.77. The summed E-state index contributed by atoms with van der Waals surface area (Å²) >= 11 is 5.90. The summed E-state index contributed by atoms with van der Waals surface area (Å²) in [6.45, 7) is 5.37. The molecular weight excluding hydrogens is 374 g/mol. The van der Waals surface area contributed by atoms with Crippen LogP contribution in [0, 0.1) is 6.92 Å². The van der Waals surface area contributed by atoms with Crippen molar-refractivity contribution in [2.24, 2.45) is 0 Å². The van der Waals surface area contributed by atoms with Crippen LogP contribution >= 0.6 is 11.6 Å². The number of aromatic nitrogens is 1. The molecule has 5 nitrogen and oxygen atoms in total. The fourth-order valence-electron chi connectivity index (χ4n) is 3.60. The molecule has 0 radical (unpaired) electrons. The van der Waals surface area contributed by atoms with Crippen molar-refractivity contribution in [1.29, 1.82) is 0 Å². The molecular formula is C22H22ClN3O2. The van der Waals surface area contributed by atoms with E-state index >= 15 is 0 Å². The van der Waals surface area contributed by atoms with Crippen molar-refractivity contribution >= 4 is 28.4 Å². The summed E-state index contributed by atoms with van der Waals surface area (Å²) < 4.78 is 0. The molecule has 1 N–H and O–H groups in total. The topological polar surface area (TPSA) is 56.4 Å². The third-order valence-electron chi connectivity index (χ3n) is 5.22. The number of H-pyrrole nitrogens is 1. The summed E-state index contributed by atoms with van der Waals surface area (Å²) in [6.07, 6.45) is 0. The van der Waals surface area contributed by atoms with Gasteiger partial charge >= 0.3 is 0 Å². The average Bonchev–Trinajstić information content (AvgIpc) is 2.69. The molecule has 6 heteroatoms. The Hall–Kier alpha value is -2.63. The highest BCUT2D eigenvalue weighted by Crippen LogP contribution is 2.16. The summed E-state index contributed by atoms with van der Waals surface area (Å²) in [4.78, 5) is 32.1. The Labute approximate surface area is 168 Å². The molecule has 2 heterocycles. The van der Waals surface area contributed by atoms with Gasteiger partial charge in [0.25, 0.3) is 11.5 Å². The predicted molar refractivity (Wildman–Crippen MR) is 112 cm³/mol. The van der Waals surface area contributed by atoms with Gasteiger partial charge < -0.3 is 9.88 Å². The Morgan fingerprint density at radius 2 is 1.75 bits per heavy atom. The second-order valence-corrected chi connectivity index (χ2v) is 7.73. The molecule has 0 spiro atoms. The molecule has 2 aromatic carbocycles. The molecule has 0 atom stereocenters. The molecule has 28 heavy (non-hydrogen) atoms. The Balaban J connectivity index is 1.42. The van der Waals surface area contributed by atoms with Gasteiger partial charge in [-0.1, -0.05) is 23.7 Å². The number of pyridine rings is 1. The first-order chi connectivity index (χ1) is 13.5. The lowest BCUT2D eigenvalue weighted by molar-refractivity contribution is 0.0628. The first-order valence-electron chi connectivity index (χ1n) is 9.39. The van der Waals surface area contributed by atoms with Gasteiger partial charge in [-0.15, -0.1) is 0 Å². The van der Waals surface area contributed by atoms with Crippen LogP contribution in [0.2, 0.25) is 5.02 Å². The van der Waals surface area contributed by atoms with Crippen molar-refractivity contribution in [1.82, 2.24) is 14.8 Å². The molecule has 4 rings (SSSR count). The lowest BCUT2D eigenvalue weighted by Crippen LogP contribution is -2.48. The van der Waals surface area contributed by atoms with E-state index in [-0.39, 0.29) is 11.5 Å². The number of hydrogen-bond donors (Lipinski definition) is 1. The molecule has 0 bridgehead atoms. The summed E-state index contributed by atoms with van der Waals surface area (Å²) in [7, 11) is 0. The number of rotatable bonds is 3. The fraction of sp³-hybridized carbons (Fsp3) is 0.273. The number of halogens is 1. The summed E-state index contributed by atoms with van der Waals surface area (Å²) in [5.74, 6) is 0.0234. The zero-order valence-electron chi connectivity index (χ0n) is 15.7. The number of benzene rings is 2. The number of aromatic amines is 1. The van der Waals surface area contributed by atoms with Crippen molar-refractivity contribution in [2.45, 2.75) is 13.5 Å². The van der Waals surface area contributed by atoms with Crippen LogP contribution in [0.15, 0.2) is 53.3 Å². The molecule has 0 unspecified atom stereocenters. The molecule has 1 aromatic heterocycles. The normalized spacial score (nSPS) is 15.1. The van der Waals surface area contributed by atoms with Crippen molar-refractivity contribution in [3.05, 3.63) is 80.6 Å². The minimum Gasteiger partial charge on any atom is -0.336 e. The van der Waals surface area contributed by atoms with E-state index < -0.39 is 0 Å². The van der Waals surface area contributed by atoms with E-state index in [1.54, 1.807) is 24.3 Å². The highest BCUT2D eigenvalue weighted by atomic mass is 35.5. The molecule has 1 amide bonds. The van der Waals surface area contributed by atoms with Gasteiger partial charge in [-0.3, -0.25) is 14.5 Å². The van der Waals surface area contributed by atoms with E-state index in [1.165, 1.54) is 0 Å². The average molecular weight is 396 g/mol. The third kappa shape index (κ3) is 3.96. The lowest BCUT2D eigenvalue weighted by Gasteiger charge is -2.34. The minimum absolute atomic E-state index is 0.0234. The second kappa shape index (κ2) is 7.78. The van der Waals surface area contributed by atoms with Gasteiger partial charge in [-0.2, -0.15) is 0 Å². The van der Waals surface area contributed by atoms with Crippen LogP contribution in [0.1, 0.15) is 21.5 Å². The number of amides is 1. The van der Waals surface area contributed by atoms with Gasteiger partial charge in [0.1, 0.15) is 0 Å². The van der Waals surface area contributed by atoms with Crippen molar-refractivity contribution in [3.63, 3.8) is 0 Å². The Bertz CT molecular complexity index is 1070. The number of aryl methyl sites for hydroxylation is 1. The van der Waals surface area contributed by atoms with Gasteiger partial charge in [0, 0.05) is 54.4 Å². The molecule has 1 aliphatic heterocycles. The van der Waals surface area contributed by atoms with Crippen molar-refractivity contribution in [3.8, 4) is 0 Å². The third-order valence-corrected chi connectivity index (χ3v) is 5.47. The summed E-state index contributed by atoms with van der Waals surface area (Å²) in [6, 6.07) is 15.0. The maximum absolute atomic E-state index is 12.6. The van der Waals surface area contributed by atoms with Gasteiger partial charge in [0.2, 0.25) is 0 Å². The highest BCUT2D eigenvalue weighted by Gasteiger charge is 2.22. The lowest BCUT2D eigenvalue weighted by atomic mass is 10.1. The Morgan fingerprint density at radius 3 is 2.46 bits per heavy atom. The number of carbonyl (C=O) groups is 1. The smallest absolute Gasteiger partial charge is 0.253 e. The number of nitrogens with one attached hydrogen (secondary N) is 1. The summed E-state index contributed by atoms with van der Waals surface area (Å²) in [5, 5.41) is 1.66. The summed E-state index contributed by atoms with van der Waals surface area (Å²) in [5.41, 5.74) is 3.36. The van der Waals surface area contributed by atoms with Crippen LogP contribution in [-0.2, 0) is 6.54 Å². The second-order valence-electron chi connectivity index (χ2n) is 7.29. The molecule has 1 saturated heterocycles. The van der Waals surface area contributed by atoms with Crippen molar-refractivity contribution in [2.75, 3.05) is 26.2 Å². The Morgan fingerprint density at radius 1 is 1.04 bits per heavy atom. The largest absolute Gasteiger partial charge is 0.336 e. The van der Waals surface area contributed by atoms with E-state index in [2.05, 4.69) is 9.88 Å². The van der Waals surface area contributed by atoms with E-state index in [1.807, 2.05) is 36.1 Å². The molecule has 3 aromatic rings. The zero-order chi connectivity index (χ0) is 19.7. The monoisotopic (exact) mass is 395 g/mol. The molecule has 1 fully saturated rings. The van der Waals surface area contributed by atoms with E-state index in [0.717, 1.165) is 35.1 Å². The first kappa shape index (κ1) is 18.7.